The Morgan fingerprint density at radius 1 is 1.08 bits per heavy atom. The normalized spacial score (nSPS) is 27.2. The number of para-hydroxylation sites is 3. The van der Waals surface area contributed by atoms with E-state index in [0.29, 0.717) is 18.3 Å². The fraction of sp³-hybridized carbons (Fsp3) is 0.464. The number of H-pyrrole nitrogens is 1. The molecule has 3 aromatic rings. The first-order valence-electron chi connectivity index (χ1n) is 13.0. The average molecular weight is 488 g/mol. The SMILES string of the molecule is COC[C@@H]1Nc2ccccc2[C@H]2[C@@H]1CCN2C(=O)[C@H]1CCCC[C@H]1NC(=O)c1nc2ccccc2[nH]1. The van der Waals surface area contributed by atoms with Crippen molar-refractivity contribution in [1.29, 1.82) is 0 Å². The Kier molecular flexibility index (Phi) is 6.13. The van der Waals surface area contributed by atoms with Crippen molar-refractivity contribution in [2.75, 3.05) is 25.6 Å². The van der Waals surface area contributed by atoms with E-state index in [1.807, 2.05) is 36.4 Å². The zero-order valence-electron chi connectivity index (χ0n) is 20.6. The van der Waals surface area contributed by atoms with E-state index >= 15 is 0 Å². The monoisotopic (exact) mass is 487 g/mol. The lowest BCUT2D eigenvalue weighted by molar-refractivity contribution is -0.139. The van der Waals surface area contributed by atoms with E-state index < -0.39 is 0 Å². The van der Waals surface area contributed by atoms with Gasteiger partial charge >= 0.3 is 0 Å². The number of nitrogens with one attached hydrogen (secondary N) is 3. The molecule has 36 heavy (non-hydrogen) atoms. The molecule has 8 heteroatoms. The van der Waals surface area contributed by atoms with Crippen molar-refractivity contribution in [3.63, 3.8) is 0 Å². The lowest BCUT2D eigenvalue weighted by Crippen LogP contribution is -2.51. The van der Waals surface area contributed by atoms with Gasteiger partial charge in [0.05, 0.1) is 35.6 Å². The number of ether oxygens (including phenoxy) is 1. The Balaban J connectivity index is 1.24. The van der Waals surface area contributed by atoms with E-state index in [0.717, 1.165) is 55.4 Å². The van der Waals surface area contributed by atoms with Crippen LogP contribution in [-0.4, -0.2) is 59.0 Å². The summed E-state index contributed by atoms with van der Waals surface area (Å²) in [5, 5.41) is 6.80. The smallest absolute Gasteiger partial charge is 0.287 e. The van der Waals surface area contributed by atoms with Gasteiger partial charge in [-0.3, -0.25) is 9.59 Å². The maximum Gasteiger partial charge on any atom is 0.287 e. The van der Waals surface area contributed by atoms with Crippen molar-refractivity contribution in [2.45, 2.75) is 50.2 Å². The number of aromatic amines is 1. The number of carbonyl (C=O) groups excluding carboxylic acids is 2. The summed E-state index contributed by atoms with van der Waals surface area (Å²) in [6.45, 7) is 1.34. The van der Waals surface area contributed by atoms with Crippen LogP contribution in [0, 0.1) is 11.8 Å². The fourth-order valence-electron chi connectivity index (χ4n) is 6.53. The zero-order chi connectivity index (χ0) is 24.6. The van der Waals surface area contributed by atoms with E-state index in [9.17, 15) is 9.59 Å². The third-order valence-corrected chi connectivity index (χ3v) is 8.22. The lowest BCUT2D eigenvalue weighted by Gasteiger charge is -2.41. The third kappa shape index (κ3) is 4.03. The van der Waals surface area contributed by atoms with Gasteiger partial charge in [-0.05, 0) is 43.0 Å². The number of anilines is 1. The van der Waals surface area contributed by atoms with Gasteiger partial charge in [-0.25, -0.2) is 4.98 Å². The minimum absolute atomic E-state index is 0.0313. The van der Waals surface area contributed by atoms with Crippen molar-refractivity contribution >= 4 is 28.5 Å². The highest BCUT2D eigenvalue weighted by Crippen LogP contribution is 2.47. The molecule has 6 rings (SSSR count). The number of rotatable bonds is 5. The van der Waals surface area contributed by atoms with Crippen LogP contribution in [0.3, 0.4) is 0 Å². The van der Waals surface area contributed by atoms with Crippen LogP contribution in [0.1, 0.15) is 54.3 Å². The van der Waals surface area contributed by atoms with Crippen LogP contribution < -0.4 is 10.6 Å². The number of amides is 2. The largest absolute Gasteiger partial charge is 0.383 e. The molecule has 0 unspecified atom stereocenters. The molecule has 0 spiro atoms. The highest BCUT2D eigenvalue weighted by molar-refractivity contribution is 5.94. The molecule has 3 N–H and O–H groups in total. The molecule has 1 aliphatic carbocycles. The Morgan fingerprint density at radius 3 is 2.75 bits per heavy atom. The van der Waals surface area contributed by atoms with Crippen LogP contribution in [0.5, 0.6) is 0 Å². The minimum Gasteiger partial charge on any atom is -0.383 e. The highest BCUT2D eigenvalue weighted by atomic mass is 16.5. The summed E-state index contributed by atoms with van der Waals surface area (Å²) in [5.74, 6) is 0.279. The Hall–Kier alpha value is -3.39. The molecule has 0 bridgehead atoms. The second kappa shape index (κ2) is 9.58. The zero-order valence-corrected chi connectivity index (χ0v) is 20.6. The molecule has 3 aliphatic rings. The molecule has 1 aromatic heterocycles. The van der Waals surface area contributed by atoms with Crippen molar-refractivity contribution in [1.82, 2.24) is 20.2 Å². The van der Waals surface area contributed by atoms with Gasteiger partial charge in [-0.1, -0.05) is 43.2 Å². The van der Waals surface area contributed by atoms with E-state index in [1.165, 1.54) is 5.56 Å². The van der Waals surface area contributed by atoms with Gasteiger partial charge in [0.1, 0.15) is 0 Å². The Bertz CT molecular complexity index is 1240. The van der Waals surface area contributed by atoms with Crippen LogP contribution >= 0.6 is 0 Å². The number of hydrogen-bond acceptors (Lipinski definition) is 5. The van der Waals surface area contributed by atoms with Crippen LogP contribution in [0.2, 0.25) is 0 Å². The summed E-state index contributed by atoms with van der Waals surface area (Å²) >= 11 is 0. The molecule has 2 aliphatic heterocycles. The fourth-order valence-corrected chi connectivity index (χ4v) is 6.53. The quantitative estimate of drug-likeness (QED) is 0.507. The summed E-state index contributed by atoms with van der Waals surface area (Å²) in [5.41, 5.74) is 3.85. The van der Waals surface area contributed by atoms with Gasteiger partial charge in [0.25, 0.3) is 5.91 Å². The van der Waals surface area contributed by atoms with Crippen LogP contribution in [0.4, 0.5) is 5.69 Å². The molecule has 2 fully saturated rings. The van der Waals surface area contributed by atoms with Gasteiger partial charge in [-0.15, -0.1) is 0 Å². The van der Waals surface area contributed by atoms with Gasteiger partial charge in [0.2, 0.25) is 5.91 Å². The first-order chi connectivity index (χ1) is 17.6. The van der Waals surface area contributed by atoms with E-state index in [4.69, 9.17) is 4.74 Å². The molecule has 2 amide bonds. The van der Waals surface area contributed by atoms with Crippen molar-refractivity contribution < 1.29 is 14.3 Å². The molecule has 1 saturated carbocycles. The number of imidazole rings is 1. The summed E-state index contributed by atoms with van der Waals surface area (Å²) < 4.78 is 5.52. The molecule has 0 radical (unpaired) electrons. The van der Waals surface area contributed by atoms with Crippen LogP contribution in [0.15, 0.2) is 48.5 Å². The Labute approximate surface area is 210 Å². The number of carbonyl (C=O) groups is 2. The number of hydrogen-bond donors (Lipinski definition) is 3. The van der Waals surface area contributed by atoms with Gasteiger partial charge in [0.15, 0.2) is 5.82 Å². The number of likely N-dealkylation sites (tertiary alicyclic amines) is 1. The molecule has 3 heterocycles. The van der Waals surface area contributed by atoms with Gasteiger partial charge in [0, 0.05) is 31.3 Å². The van der Waals surface area contributed by atoms with E-state index in [2.05, 4.69) is 37.6 Å². The topological polar surface area (TPSA) is 99.3 Å². The van der Waals surface area contributed by atoms with Gasteiger partial charge < -0.3 is 25.3 Å². The maximum absolute atomic E-state index is 14.1. The molecule has 2 aromatic carbocycles. The molecule has 8 nitrogen and oxygen atoms in total. The lowest BCUT2D eigenvalue weighted by atomic mass is 9.81. The minimum atomic E-state index is -0.248. The van der Waals surface area contributed by atoms with Gasteiger partial charge in [-0.2, -0.15) is 0 Å². The maximum atomic E-state index is 14.1. The average Bonchev–Trinajstić information content (AvgIpc) is 3.54. The van der Waals surface area contributed by atoms with Crippen LogP contribution in [-0.2, 0) is 9.53 Å². The summed E-state index contributed by atoms with van der Waals surface area (Å²) in [6.07, 6.45) is 4.53. The number of fused-ring (bicyclic) bond motifs is 4. The number of benzene rings is 2. The summed E-state index contributed by atoms with van der Waals surface area (Å²) in [4.78, 5) is 36.9. The molecular formula is C28H33N5O3. The molecule has 5 atom stereocenters. The second-order valence-electron chi connectivity index (χ2n) is 10.3. The molecule has 1 saturated heterocycles. The first-order valence-corrected chi connectivity index (χ1v) is 13.0. The first kappa shape index (κ1) is 23.0. The Morgan fingerprint density at radius 2 is 1.89 bits per heavy atom. The molecular weight excluding hydrogens is 454 g/mol. The van der Waals surface area contributed by atoms with E-state index in [1.54, 1.807) is 7.11 Å². The molecule has 188 valence electrons. The number of nitrogens with zero attached hydrogens (tertiary/aromatic N) is 2. The predicted octanol–water partition coefficient (Wildman–Crippen LogP) is 3.88. The standard InChI is InChI=1S/C28H33N5O3/c1-36-16-24-18-14-15-33(25(18)17-8-2-4-10-20(17)29-24)28(35)19-9-3-5-11-21(19)32-27(34)26-30-22-12-6-7-13-23(22)31-26/h2,4,6-8,10,12-13,18-19,21,24-25,29H,3,5,9,11,14-16H2,1H3,(H,30,31)(H,32,34)/t18-,19+,21-,24+,25+/m1/s1. The van der Waals surface area contributed by atoms with Crippen LogP contribution in [0.25, 0.3) is 11.0 Å². The predicted molar refractivity (Wildman–Crippen MR) is 138 cm³/mol. The third-order valence-electron chi connectivity index (χ3n) is 8.22. The van der Waals surface area contributed by atoms with Crippen molar-refractivity contribution in [3.05, 3.63) is 59.9 Å². The summed E-state index contributed by atoms with van der Waals surface area (Å²) in [7, 11) is 1.73. The summed E-state index contributed by atoms with van der Waals surface area (Å²) in [6, 6.07) is 15.9. The van der Waals surface area contributed by atoms with Crippen molar-refractivity contribution in [3.8, 4) is 0 Å². The number of methoxy groups -OCH3 is 1. The van der Waals surface area contributed by atoms with Crippen molar-refractivity contribution in [2.24, 2.45) is 11.8 Å². The van der Waals surface area contributed by atoms with E-state index in [-0.39, 0.29) is 35.9 Å². The highest BCUT2D eigenvalue weighted by Gasteiger charge is 2.48. The number of aromatic nitrogens is 2. The second-order valence-corrected chi connectivity index (χ2v) is 10.3.